The summed E-state index contributed by atoms with van der Waals surface area (Å²) in [7, 11) is 0. The van der Waals surface area contributed by atoms with Crippen LogP contribution in [0, 0.1) is 5.92 Å². The lowest BCUT2D eigenvalue weighted by Crippen LogP contribution is -2.42. The fraction of sp³-hybridized carbons (Fsp3) is 0.467. The Morgan fingerprint density at radius 1 is 1.19 bits per heavy atom. The number of rotatable bonds is 7. The second-order valence-corrected chi connectivity index (χ2v) is 5.18. The number of hydrogen-bond acceptors (Lipinski definition) is 4. The van der Waals surface area contributed by atoms with Gasteiger partial charge in [-0.25, -0.2) is 9.59 Å². The van der Waals surface area contributed by atoms with Gasteiger partial charge in [0.1, 0.15) is 12.6 Å². The zero-order valence-electron chi connectivity index (χ0n) is 12.2. The van der Waals surface area contributed by atoms with Gasteiger partial charge in [-0.15, -0.1) is 0 Å². The Labute approximate surface area is 129 Å². The van der Waals surface area contributed by atoms with Gasteiger partial charge in [-0.2, -0.15) is 0 Å². The molecule has 1 N–H and O–H groups in total. The maximum Gasteiger partial charge on any atom is 0.408 e. The number of carbonyl (C=O) groups excluding carboxylic acids is 2. The summed E-state index contributed by atoms with van der Waals surface area (Å²) in [6, 6.07) is 8.29. The Morgan fingerprint density at radius 3 is 2.43 bits per heavy atom. The molecule has 0 aromatic heterocycles. The van der Waals surface area contributed by atoms with Crippen molar-refractivity contribution in [2.75, 3.05) is 6.07 Å². The third kappa shape index (κ3) is 6.99. The fourth-order valence-corrected chi connectivity index (χ4v) is 1.85. The first-order chi connectivity index (χ1) is 10.0. The van der Waals surface area contributed by atoms with Crippen LogP contribution in [-0.4, -0.2) is 24.2 Å². The van der Waals surface area contributed by atoms with Crippen LogP contribution in [0.3, 0.4) is 0 Å². The predicted molar refractivity (Wildman–Crippen MR) is 79.8 cm³/mol. The van der Waals surface area contributed by atoms with Crippen molar-refractivity contribution in [1.29, 1.82) is 0 Å². The van der Waals surface area contributed by atoms with Crippen LogP contribution in [0.1, 0.15) is 25.8 Å². The van der Waals surface area contributed by atoms with Crippen LogP contribution >= 0.6 is 11.6 Å². The standard InChI is InChI=1S/C15H20ClNO4/c1-11(2)8-13(14(18)21-10-16)17-15(19)20-9-12-6-4-3-5-7-12/h3-7,11,13H,8-10H2,1-2H3,(H,17,19)/t13-/m0/s1. The van der Waals surface area contributed by atoms with Crippen LogP contribution in [-0.2, 0) is 20.9 Å². The van der Waals surface area contributed by atoms with E-state index in [4.69, 9.17) is 21.1 Å². The summed E-state index contributed by atoms with van der Waals surface area (Å²) in [6.45, 7) is 4.03. The first kappa shape index (κ1) is 17.3. The molecule has 0 heterocycles. The molecule has 21 heavy (non-hydrogen) atoms. The lowest BCUT2D eigenvalue weighted by Gasteiger charge is -2.18. The molecule has 1 aromatic carbocycles. The molecule has 1 atom stereocenters. The molecular formula is C15H20ClNO4. The third-order valence-corrected chi connectivity index (χ3v) is 2.80. The molecule has 1 rings (SSSR count). The maximum absolute atomic E-state index is 11.7. The van der Waals surface area contributed by atoms with E-state index in [1.54, 1.807) is 0 Å². The minimum atomic E-state index is -0.757. The molecule has 0 bridgehead atoms. The summed E-state index contributed by atoms with van der Waals surface area (Å²) in [5.41, 5.74) is 0.872. The summed E-state index contributed by atoms with van der Waals surface area (Å²) in [5, 5.41) is 2.51. The number of alkyl halides is 1. The molecule has 6 heteroatoms. The van der Waals surface area contributed by atoms with E-state index in [0.29, 0.717) is 6.42 Å². The van der Waals surface area contributed by atoms with Gasteiger partial charge in [0, 0.05) is 0 Å². The van der Waals surface area contributed by atoms with E-state index in [-0.39, 0.29) is 18.6 Å². The number of halogens is 1. The van der Waals surface area contributed by atoms with E-state index in [1.807, 2.05) is 44.2 Å². The zero-order chi connectivity index (χ0) is 15.7. The molecule has 0 aliphatic carbocycles. The molecule has 0 fully saturated rings. The molecule has 0 aliphatic rings. The highest BCUT2D eigenvalue weighted by Gasteiger charge is 2.23. The fourth-order valence-electron chi connectivity index (χ4n) is 1.75. The Balaban J connectivity index is 2.49. The number of carbonyl (C=O) groups is 2. The van der Waals surface area contributed by atoms with Gasteiger partial charge >= 0.3 is 12.1 Å². The zero-order valence-corrected chi connectivity index (χ0v) is 12.9. The minimum absolute atomic E-state index is 0.144. The summed E-state index contributed by atoms with van der Waals surface area (Å²) < 4.78 is 9.80. The average Bonchev–Trinajstić information content (AvgIpc) is 2.45. The van der Waals surface area contributed by atoms with Gasteiger partial charge in [-0.1, -0.05) is 55.8 Å². The first-order valence-electron chi connectivity index (χ1n) is 6.72. The van der Waals surface area contributed by atoms with Crippen molar-refractivity contribution < 1.29 is 19.1 Å². The molecule has 0 spiro atoms. The topological polar surface area (TPSA) is 64.6 Å². The SMILES string of the molecule is CC(C)C[C@H](NC(=O)OCc1ccccc1)C(=O)OCCl. The van der Waals surface area contributed by atoms with E-state index in [1.165, 1.54) is 0 Å². The van der Waals surface area contributed by atoms with Crippen molar-refractivity contribution >= 4 is 23.7 Å². The molecule has 0 saturated heterocycles. The molecular weight excluding hydrogens is 294 g/mol. The van der Waals surface area contributed by atoms with Gasteiger partial charge in [0.05, 0.1) is 0 Å². The normalized spacial score (nSPS) is 11.8. The molecule has 1 aromatic rings. The molecule has 0 radical (unpaired) electrons. The largest absolute Gasteiger partial charge is 0.448 e. The second kappa shape index (κ2) is 9.23. The number of amides is 1. The Hall–Kier alpha value is -1.75. The van der Waals surface area contributed by atoms with Crippen LogP contribution in [0.4, 0.5) is 4.79 Å². The summed E-state index contributed by atoms with van der Waals surface area (Å²) in [5.74, 6) is -0.345. The number of alkyl carbamates (subject to hydrolysis) is 1. The van der Waals surface area contributed by atoms with Crippen molar-refractivity contribution in [2.45, 2.75) is 32.9 Å². The molecule has 1 amide bonds. The Bertz CT molecular complexity index is 450. The summed E-state index contributed by atoms with van der Waals surface area (Å²) >= 11 is 5.37. The quantitative estimate of drug-likeness (QED) is 0.620. The molecule has 0 unspecified atom stereocenters. The van der Waals surface area contributed by atoms with Crippen molar-refractivity contribution in [2.24, 2.45) is 5.92 Å². The average molecular weight is 314 g/mol. The third-order valence-electron chi connectivity index (χ3n) is 2.69. The van der Waals surface area contributed by atoms with Gasteiger partial charge in [-0.05, 0) is 17.9 Å². The van der Waals surface area contributed by atoms with Crippen LogP contribution in [0.25, 0.3) is 0 Å². The van der Waals surface area contributed by atoms with Crippen LogP contribution in [0.15, 0.2) is 30.3 Å². The van der Waals surface area contributed by atoms with Crippen molar-refractivity contribution in [3.63, 3.8) is 0 Å². The molecule has 5 nitrogen and oxygen atoms in total. The van der Waals surface area contributed by atoms with Crippen LogP contribution in [0.2, 0.25) is 0 Å². The van der Waals surface area contributed by atoms with E-state index in [9.17, 15) is 9.59 Å². The Morgan fingerprint density at radius 2 is 1.86 bits per heavy atom. The lowest BCUT2D eigenvalue weighted by molar-refractivity contribution is -0.144. The highest BCUT2D eigenvalue weighted by atomic mass is 35.5. The predicted octanol–water partition coefficient (Wildman–Crippen LogP) is 3.07. The van der Waals surface area contributed by atoms with Crippen molar-refractivity contribution in [3.05, 3.63) is 35.9 Å². The van der Waals surface area contributed by atoms with Gasteiger partial charge in [0.2, 0.25) is 0 Å². The number of ether oxygens (including phenoxy) is 2. The first-order valence-corrected chi connectivity index (χ1v) is 7.26. The van der Waals surface area contributed by atoms with E-state index in [0.717, 1.165) is 5.56 Å². The number of hydrogen-bond donors (Lipinski definition) is 1. The van der Waals surface area contributed by atoms with E-state index < -0.39 is 18.1 Å². The van der Waals surface area contributed by atoms with Gasteiger partial charge < -0.3 is 14.8 Å². The molecule has 116 valence electrons. The van der Waals surface area contributed by atoms with E-state index in [2.05, 4.69) is 5.32 Å². The van der Waals surface area contributed by atoms with Gasteiger partial charge in [0.25, 0.3) is 0 Å². The lowest BCUT2D eigenvalue weighted by atomic mass is 10.0. The number of esters is 1. The smallest absolute Gasteiger partial charge is 0.408 e. The van der Waals surface area contributed by atoms with Gasteiger partial charge in [-0.3, -0.25) is 0 Å². The second-order valence-electron chi connectivity index (χ2n) is 4.96. The Kier molecular flexibility index (Phi) is 7.61. The maximum atomic E-state index is 11.7. The van der Waals surface area contributed by atoms with E-state index >= 15 is 0 Å². The summed E-state index contributed by atoms with van der Waals surface area (Å²) in [4.78, 5) is 23.5. The summed E-state index contributed by atoms with van der Waals surface area (Å²) in [6.07, 6.45) is -0.202. The molecule has 0 saturated carbocycles. The number of nitrogens with one attached hydrogen (secondary N) is 1. The number of benzene rings is 1. The van der Waals surface area contributed by atoms with Gasteiger partial charge in [0.15, 0.2) is 6.07 Å². The monoisotopic (exact) mass is 313 g/mol. The highest BCUT2D eigenvalue weighted by Crippen LogP contribution is 2.08. The van der Waals surface area contributed by atoms with Crippen LogP contribution in [0.5, 0.6) is 0 Å². The van der Waals surface area contributed by atoms with Crippen molar-refractivity contribution in [3.8, 4) is 0 Å². The minimum Gasteiger partial charge on any atom is -0.448 e. The molecule has 0 aliphatic heterocycles. The van der Waals surface area contributed by atoms with Crippen molar-refractivity contribution in [1.82, 2.24) is 5.32 Å². The highest BCUT2D eigenvalue weighted by molar-refractivity contribution is 6.17. The van der Waals surface area contributed by atoms with Crippen LogP contribution < -0.4 is 5.32 Å².